The van der Waals surface area contributed by atoms with Crippen LogP contribution in [0.4, 0.5) is 5.13 Å². The molecule has 1 aliphatic heterocycles. The van der Waals surface area contributed by atoms with Gasteiger partial charge in [-0.3, -0.25) is 4.79 Å². The van der Waals surface area contributed by atoms with Gasteiger partial charge >= 0.3 is 0 Å². The maximum atomic E-state index is 13.8. The Morgan fingerprint density at radius 1 is 1.15 bits per heavy atom. The number of sulfonamides is 1. The van der Waals surface area contributed by atoms with Gasteiger partial charge in [0, 0.05) is 25.8 Å². The first-order valence-corrected chi connectivity index (χ1v) is 15.7. The van der Waals surface area contributed by atoms with Gasteiger partial charge in [0.15, 0.2) is 0 Å². The molecule has 5 rings (SSSR count). The number of nitrogens with zero attached hydrogens (tertiary/aromatic N) is 4. The summed E-state index contributed by atoms with van der Waals surface area (Å²) in [6, 6.07) is 19.2. The summed E-state index contributed by atoms with van der Waals surface area (Å²) >= 11 is 1.36. The number of anilines is 1. The van der Waals surface area contributed by atoms with Crippen molar-refractivity contribution in [3.63, 3.8) is 0 Å². The number of likely N-dealkylation sites (N-methyl/N-ethyl adjacent to an activating group) is 1. The molecule has 0 bridgehead atoms. The largest absolute Gasteiger partial charge is 0.494 e. The van der Waals surface area contributed by atoms with Gasteiger partial charge in [-0.15, -0.1) is 0 Å². The second-order valence-corrected chi connectivity index (χ2v) is 12.8. The fraction of sp³-hybridized carbons (Fsp3) is 0.300. The van der Waals surface area contributed by atoms with Crippen molar-refractivity contribution in [3.8, 4) is 5.75 Å². The summed E-state index contributed by atoms with van der Waals surface area (Å²) in [5, 5.41) is 6.18. The van der Waals surface area contributed by atoms with E-state index in [0.717, 1.165) is 39.9 Å². The number of carbonyl (C=O) groups is 1. The van der Waals surface area contributed by atoms with Crippen LogP contribution < -0.4 is 9.75 Å². The van der Waals surface area contributed by atoms with Crippen LogP contribution in [0.5, 0.6) is 5.75 Å². The van der Waals surface area contributed by atoms with Gasteiger partial charge in [0.1, 0.15) is 5.75 Å². The zero-order valence-corrected chi connectivity index (χ0v) is 24.8. The number of rotatable bonds is 10. The van der Waals surface area contributed by atoms with Crippen LogP contribution in [0.25, 0.3) is 10.2 Å². The molecule has 41 heavy (non-hydrogen) atoms. The minimum Gasteiger partial charge on any atom is -0.494 e. The molecule has 1 unspecified atom stereocenters. The minimum absolute atomic E-state index is 0.102. The molecular weight excluding hydrogens is 560 g/mol. The Labute approximate surface area is 244 Å². The normalized spacial score (nSPS) is 15.7. The van der Waals surface area contributed by atoms with E-state index in [1.54, 1.807) is 13.3 Å². The van der Waals surface area contributed by atoms with Crippen LogP contribution in [0.2, 0.25) is 0 Å². The number of hydrogen-bond donors (Lipinski definition) is 0. The lowest BCUT2D eigenvalue weighted by Crippen LogP contribution is -2.34. The molecular formula is C30H32N4O5S2. The van der Waals surface area contributed by atoms with E-state index in [9.17, 15) is 13.2 Å². The monoisotopic (exact) mass is 592 g/mol. The Hall–Kier alpha value is -3.64. The van der Waals surface area contributed by atoms with Crippen LogP contribution in [0.1, 0.15) is 41.3 Å². The third-order valence-corrected chi connectivity index (χ3v) is 9.55. The van der Waals surface area contributed by atoms with Crippen molar-refractivity contribution in [1.29, 1.82) is 0 Å². The van der Waals surface area contributed by atoms with Crippen molar-refractivity contribution in [1.82, 2.24) is 9.29 Å². The Bertz CT molecular complexity index is 1640. The van der Waals surface area contributed by atoms with E-state index in [1.807, 2.05) is 56.3 Å². The summed E-state index contributed by atoms with van der Waals surface area (Å²) in [5.41, 5.74) is 2.91. The van der Waals surface area contributed by atoms with Gasteiger partial charge in [-0.25, -0.2) is 13.4 Å². The summed E-state index contributed by atoms with van der Waals surface area (Å²) in [5.74, 6) is 0.315. The third kappa shape index (κ3) is 6.65. The number of aryl methyl sites for hydroxylation is 1. The Morgan fingerprint density at radius 2 is 1.90 bits per heavy atom. The zero-order chi connectivity index (χ0) is 29.0. The molecule has 1 amide bonds. The molecule has 4 aromatic rings. The Kier molecular flexibility index (Phi) is 8.79. The van der Waals surface area contributed by atoms with Crippen molar-refractivity contribution < 1.29 is 22.7 Å². The number of fused-ring (bicyclic) bond motifs is 1. The van der Waals surface area contributed by atoms with Crippen LogP contribution in [-0.2, 0) is 14.8 Å². The molecule has 214 valence electrons. The summed E-state index contributed by atoms with van der Waals surface area (Å²) in [6.45, 7) is 5.43. The van der Waals surface area contributed by atoms with E-state index in [4.69, 9.17) is 9.47 Å². The van der Waals surface area contributed by atoms with Crippen molar-refractivity contribution in [2.24, 2.45) is 5.10 Å². The zero-order valence-electron chi connectivity index (χ0n) is 23.2. The molecule has 9 nitrogen and oxygen atoms in total. The van der Waals surface area contributed by atoms with E-state index in [0.29, 0.717) is 18.3 Å². The molecule has 1 atom stereocenters. The van der Waals surface area contributed by atoms with E-state index in [1.165, 1.54) is 44.9 Å². The van der Waals surface area contributed by atoms with Crippen LogP contribution >= 0.6 is 11.3 Å². The van der Waals surface area contributed by atoms with Crippen molar-refractivity contribution in [2.75, 3.05) is 31.8 Å². The standard InChI is InChI=1S/C30H32N4O5S2/c1-4-38-24-12-8-22(9-13-24)19-31-34(30-32-27-16-7-21(2)18-28(27)40-30)29(35)23-10-14-26(15-11-23)41(36,37)33(3)20-25-6-5-17-39-25/h7-16,18-19,25H,4-6,17,20H2,1-3H3/b31-19+. The highest BCUT2D eigenvalue weighted by Gasteiger charge is 2.27. The van der Waals surface area contributed by atoms with Crippen molar-refractivity contribution in [2.45, 2.75) is 37.7 Å². The second kappa shape index (κ2) is 12.5. The highest BCUT2D eigenvalue weighted by Crippen LogP contribution is 2.31. The molecule has 1 saturated heterocycles. The molecule has 0 spiro atoms. The first-order valence-electron chi connectivity index (χ1n) is 13.4. The van der Waals surface area contributed by atoms with E-state index in [-0.39, 0.29) is 23.1 Å². The molecule has 1 aromatic heterocycles. The number of aromatic nitrogens is 1. The third-order valence-electron chi connectivity index (χ3n) is 6.71. The van der Waals surface area contributed by atoms with E-state index in [2.05, 4.69) is 10.1 Å². The van der Waals surface area contributed by atoms with E-state index < -0.39 is 15.9 Å². The smallest absolute Gasteiger partial charge is 0.280 e. The van der Waals surface area contributed by atoms with Crippen LogP contribution in [0, 0.1) is 6.92 Å². The highest BCUT2D eigenvalue weighted by molar-refractivity contribution is 7.89. The minimum atomic E-state index is -3.74. The molecule has 2 heterocycles. The van der Waals surface area contributed by atoms with Gasteiger partial charge < -0.3 is 9.47 Å². The SMILES string of the molecule is CCOc1ccc(/C=N/N(C(=O)c2ccc(S(=O)(=O)N(C)CC3CCCO3)cc2)c2nc3ccc(C)cc3s2)cc1. The average molecular weight is 593 g/mol. The topological polar surface area (TPSA) is 101 Å². The quantitative estimate of drug-likeness (QED) is 0.178. The van der Waals surface area contributed by atoms with Gasteiger partial charge in [0.05, 0.1) is 34.0 Å². The predicted molar refractivity (Wildman–Crippen MR) is 162 cm³/mol. The summed E-state index contributed by atoms with van der Waals surface area (Å²) in [7, 11) is -2.19. The van der Waals surface area contributed by atoms with Gasteiger partial charge in [-0.2, -0.15) is 14.4 Å². The fourth-order valence-electron chi connectivity index (χ4n) is 4.49. The molecule has 3 aromatic carbocycles. The lowest BCUT2D eigenvalue weighted by molar-refractivity contribution is 0.0978. The predicted octanol–water partition coefficient (Wildman–Crippen LogP) is 5.48. The Morgan fingerprint density at radius 3 is 2.59 bits per heavy atom. The molecule has 0 saturated carbocycles. The van der Waals surface area contributed by atoms with Gasteiger partial charge in [-0.1, -0.05) is 17.4 Å². The van der Waals surface area contributed by atoms with Crippen LogP contribution in [0.15, 0.2) is 76.7 Å². The maximum absolute atomic E-state index is 13.8. The number of thiazole rings is 1. The lowest BCUT2D eigenvalue weighted by atomic mass is 10.2. The highest BCUT2D eigenvalue weighted by atomic mass is 32.2. The molecule has 0 aliphatic carbocycles. The first-order chi connectivity index (χ1) is 19.7. The number of hydrogen-bond acceptors (Lipinski definition) is 8. The number of carbonyl (C=O) groups excluding carboxylic acids is 1. The van der Waals surface area contributed by atoms with Gasteiger partial charge in [0.2, 0.25) is 15.2 Å². The average Bonchev–Trinajstić information content (AvgIpc) is 3.64. The molecule has 0 radical (unpaired) electrons. The fourth-order valence-corrected chi connectivity index (χ4v) is 6.71. The second-order valence-electron chi connectivity index (χ2n) is 9.78. The first kappa shape index (κ1) is 28.9. The summed E-state index contributed by atoms with van der Waals surface area (Å²) in [4.78, 5) is 18.5. The van der Waals surface area contributed by atoms with Gasteiger partial charge in [0.25, 0.3) is 5.91 Å². The van der Waals surface area contributed by atoms with Gasteiger partial charge in [-0.05, 0) is 98.5 Å². The van der Waals surface area contributed by atoms with E-state index >= 15 is 0 Å². The molecule has 11 heteroatoms. The van der Waals surface area contributed by atoms with Crippen LogP contribution in [0.3, 0.4) is 0 Å². The summed E-state index contributed by atoms with van der Waals surface area (Å²) in [6.07, 6.45) is 3.26. The number of amides is 1. The molecule has 0 N–H and O–H groups in total. The molecule has 1 fully saturated rings. The van der Waals surface area contributed by atoms with Crippen molar-refractivity contribution >= 4 is 48.8 Å². The number of ether oxygens (including phenoxy) is 2. The lowest BCUT2D eigenvalue weighted by Gasteiger charge is -2.20. The maximum Gasteiger partial charge on any atom is 0.280 e. The number of benzene rings is 3. The number of hydrazone groups is 1. The Balaban J connectivity index is 1.42. The molecule has 1 aliphatic rings. The summed E-state index contributed by atoms with van der Waals surface area (Å²) < 4.78 is 39.6. The van der Waals surface area contributed by atoms with Crippen molar-refractivity contribution in [3.05, 3.63) is 83.4 Å². The van der Waals surface area contributed by atoms with Crippen LogP contribution in [-0.4, -0.2) is 62.7 Å².